The van der Waals surface area contributed by atoms with Crippen molar-refractivity contribution in [1.82, 2.24) is 15.1 Å². The number of ether oxygens (including phenoxy) is 2. The highest BCUT2D eigenvalue weighted by Gasteiger charge is 2.18. The lowest BCUT2D eigenvalue weighted by Crippen LogP contribution is -2.43. The molecule has 2 aliphatic rings. The minimum absolute atomic E-state index is 0.0635. The van der Waals surface area contributed by atoms with E-state index < -0.39 is 0 Å². The van der Waals surface area contributed by atoms with Gasteiger partial charge in [0.2, 0.25) is 5.91 Å². The topological polar surface area (TPSA) is 54.0 Å². The Kier molecular flexibility index (Phi) is 6.67. The third-order valence-electron chi connectivity index (χ3n) is 4.85. The van der Waals surface area contributed by atoms with Gasteiger partial charge in [-0.3, -0.25) is 9.69 Å². The summed E-state index contributed by atoms with van der Waals surface area (Å²) < 4.78 is 11.3. The first-order chi connectivity index (χ1) is 12.2. The Morgan fingerprint density at radius 1 is 1.16 bits per heavy atom. The molecule has 2 fully saturated rings. The second-order valence-electron chi connectivity index (χ2n) is 6.93. The molecule has 6 heteroatoms. The first-order valence-electron chi connectivity index (χ1n) is 9.20. The molecule has 0 radical (unpaired) electrons. The van der Waals surface area contributed by atoms with E-state index >= 15 is 0 Å². The van der Waals surface area contributed by atoms with Crippen molar-refractivity contribution in [1.29, 1.82) is 0 Å². The van der Waals surface area contributed by atoms with Crippen molar-refractivity contribution in [3.05, 3.63) is 29.8 Å². The molecule has 6 nitrogen and oxygen atoms in total. The molecule has 1 aromatic rings. The molecule has 0 aromatic heterocycles. The number of carbonyl (C=O) groups is 1. The molecule has 25 heavy (non-hydrogen) atoms. The Bertz CT molecular complexity index is 535. The van der Waals surface area contributed by atoms with E-state index in [2.05, 4.69) is 22.2 Å². The van der Waals surface area contributed by atoms with Crippen LogP contribution in [-0.4, -0.2) is 74.8 Å². The van der Waals surface area contributed by atoms with Gasteiger partial charge in [-0.05, 0) is 37.6 Å². The number of benzene rings is 1. The average Bonchev–Trinajstić information content (AvgIpc) is 2.64. The van der Waals surface area contributed by atoms with Gasteiger partial charge in [0, 0.05) is 32.7 Å². The fourth-order valence-corrected chi connectivity index (χ4v) is 3.20. The van der Waals surface area contributed by atoms with Crippen LogP contribution < -0.4 is 10.1 Å². The highest BCUT2D eigenvalue weighted by Crippen LogP contribution is 2.19. The van der Waals surface area contributed by atoms with Gasteiger partial charge in [0.1, 0.15) is 11.9 Å². The smallest absolute Gasteiger partial charge is 0.234 e. The minimum atomic E-state index is 0.0635. The highest BCUT2D eigenvalue weighted by molar-refractivity contribution is 5.78. The lowest BCUT2D eigenvalue weighted by molar-refractivity contribution is -0.123. The molecule has 2 heterocycles. The largest absolute Gasteiger partial charge is 0.490 e. The molecule has 1 N–H and O–H groups in total. The number of hydrogen-bond acceptors (Lipinski definition) is 5. The maximum absolute atomic E-state index is 12.0. The first kappa shape index (κ1) is 18.2. The molecule has 0 atom stereocenters. The lowest BCUT2D eigenvalue weighted by atomic mass is 10.1. The number of morpholine rings is 1. The van der Waals surface area contributed by atoms with Crippen molar-refractivity contribution in [2.24, 2.45) is 0 Å². The van der Waals surface area contributed by atoms with Gasteiger partial charge in [-0.25, -0.2) is 0 Å². The summed E-state index contributed by atoms with van der Waals surface area (Å²) in [5.74, 6) is 0.978. The SMILES string of the molecule is CN1CCC(Oc2ccc(CNC(=O)CN3CCOCC3)cc2)CC1. The van der Waals surface area contributed by atoms with Gasteiger partial charge in [-0.1, -0.05) is 12.1 Å². The highest BCUT2D eigenvalue weighted by atomic mass is 16.5. The Balaban J connectivity index is 1.39. The summed E-state index contributed by atoms with van der Waals surface area (Å²) in [4.78, 5) is 16.5. The van der Waals surface area contributed by atoms with E-state index in [-0.39, 0.29) is 5.91 Å². The van der Waals surface area contributed by atoms with E-state index in [1.54, 1.807) is 0 Å². The average molecular weight is 347 g/mol. The number of amides is 1. The van der Waals surface area contributed by atoms with Gasteiger partial charge in [0.15, 0.2) is 0 Å². The quantitative estimate of drug-likeness (QED) is 0.835. The van der Waals surface area contributed by atoms with Crippen LogP contribution in [0.3, 0.4) is 0 Å². The standard InChI is InChI=1S/C19H29N3O3/c1-21-8-6-18(7-9-21)25-17-4-2-16(3-5-17)14-20-19(23)15-22-10-12-24-13-11-22/h2-5,18H,6-15H2,1H3,(H,20,23). The van der Waals surface area contributed by atoms with Crippen molar-refractivity contribution in [2.45, 2.75) is 25.5 Å². The van der Waals surface area contributed by atoms with Crippen molar-refractivity contribution < 1.29 is 14.3 Å². The molecule has 138 valence electrons. The molecule has 0 saturated carbocycles. The van der Waals surface area contributed by atoms with Gasteiger partial charge in [-0.15, -0.1) is 0 Å². The number of carbonyl (C=O) groups excluding carboxylic acids is 1. The van der Waals surface area contributed by atoms with Crippen LogP contribution in [0.2, 0.25) is 0 Å². The molecule has 2 saturated heterocycles. The van der Waals surface area contributed by atoms with E-state index in [0.717, 1.165) is 50.3 Å². The van der Waals surface area contributed by atoms with Gasteiger partial charge < -0.3 is 19.7 Å². The van der Waals surface area contributed by atoms with Crippen LogP contribution in [-0.2, 0) is 16.1 Å². The Morgan fingerprint density at radius 2 is 1.84 bits per heavy atom. The van der Waals surface area contributed by atoms with Crippen molar-refractivity contribution in [3.8, 4) is 5.75 Å². The zero-order valence-corrected chi connectivity index (χ0v) is 15.1. The molecule has 0 aliphatic carbocycles. The summed E-state index contributed by atoms with van der Waals surface area (Å²) in [6, 6.07) is 8.06. The number of hydrogen-bond donors (Lipinski definition) is 1. The van der Waals surface area contributed by atoms with Crippen molar-refractivity contribution in [3.63, 3.8) is 0 Å². The maximum atomic E-state index is 12.0. The predicted molar refractivity (Wildman–Crippen MR) is 96.7 cm³/mol. The normalized spacial score (nSPS) is 20.4. The zero-order valence-electron chi connectivity index (χ0n) is 15.1. The summed E-state index contributed by atoms with van der Waals surface area (Å²) in [6.45, 7) is 6.28. The molecule has 0 bridgehead atoms. The molecule has 1 aromatic carbocycles. The van der Waals surface area contributed by atoms with Gasteiger partial charge in [0.05, 0.1) is 19.8 Å². The summed E-state index contributed by atoms with van der Waals surface area (Å²) in [6.07, 6.45) is 2.47. The molecule has 0 unspecified atom stereocenters. The third kappa shape index (κ3) is 5.99. The van der Waals surface area contributed by atoms with Gasteiger partial charge in [0.25, 0.3) is 0 Å². The second-order valence-corrected chi connectivity index (χ2v) is 6.93. The van der Waals surface area contributed by atoms with E-state index in [0.29, 0.717) is 32.4 Å². The fraction of sp³-hybridized carbons (Fsp3) is 0.632. The van der Waals surface area contributed by atoms with Crippen LogP contribution >= 0.6 is 0 Å². The van der Waals surface area contributed by atoms with Crippen LogP contribution in [0, 0.1) is 0 Å². The van der Waals surface area contributed by atoms with Crippen LogP contribution in [0.1, 0.15) is 18.4 Å². The molecular formula is C19H29N3O3. The second kappa shape index (κ2) is 9.17. The van der Waals surface area contributed by atoms with Crippen LogP contribution in [0.15, 0.2) is 24.3 Å². The molecule has 2 aliphatic heterocycles. The number of rotatable bonds is 6. The van der Waals surface area contributed by atoms with E-state index in [9.17, 15) is 4.79 Å². The molecule has 0 spiro atoms. The summed E-state index contributed by atoms with van der Waals surface area (Å²) in [5, 5.41) is 2.98. The predicted octanol–water partition coefficient (Wildman–Crippen LogP) is 1.11. The fourth-order valence-electron chi connectivity index (χ4n) is 3.20. The zero-order chi connectivity index (χ0) is 17.5. The Hall–Kier alpha value is -1.63. The summed E-state index contributed by atoms with van der Waals surface area (Å²) in [7, 11) is 2.15. The minimum Gasteiger partial charge on any atom is -0.490 e. The lowest BCUT2D eigenvalue weighted by Gasteiger charge is -2.29. The van der Waals surface area contributed by atoms with E-state index in [1.165, 1.54) is 0 Å². The molecule has 1 amide bonds. The van der Waals surface area contributed by atoms with Crippen LogP contribution in [0.4, 0.5) is 0 Å². The summed E-state index contributed by atoms with van der Waals surface area (Å²) >= 11 is 0. The monoisotopic (exact) mass is 347 g/mol. The number of nitrogens with zero attached hydrogens (tertiary/aromatic N) is 2. The van der Waals surface area contributed by atoms with Crippen molar-refractivity contribution in [2.75, 3.05) is 53.0 Å². The maximum Gasteiger partial charge on any atom is 0.234 e. The van der Waals surface area contributed by atoms with Crippen LogP contribution in [0.25, 0.3) is 0 Å². The number of likely N-dealkylation sites (tertiary alicyclic amines) is 1. The first-order valence-corrected chi connectivity index (χ1v) is 9.20. The van der Waals surface area contributed by atoms with E-state index in [1.807, 2.05) is 24.3 Å². The number of nitrogens with one attached hydrogen (secondary N) is 1. The van der Waals surface area contributed by atoms with Gasteiger partial charge in [-0.2, -0.15) is 0 Å². The summed E-state index contributed by atoms with van der Waals surface area (Å²) in [5.41, 5.74) is 1.09. The Morgan fingerprint density at radius 3 is 2.52 bits per heavy atom. The van der Waals surface area contributed by atoms with Crippen LogP contribution in [0.5, 0.6) is 5.75 Å². The van der Waals surface area contributed by atoms with E-state index in [4.69, 9.17) is 9.47 Å². The van der Waals surface area contributed by atoms with Gasteiger partial charge >= 0.3 is 0 Å². The third-order valence-corrected chi connectivity index (χ3v) is 4.85. The molecule has 3 rings (SSSR count). The van der Waals surface area contributed by atoms with Crippen molar-refractivity contribution >= 4 is 5.91 Å². The number of piperidine rings is 1. The molecular weight excluding hydrogens is 318 g/mol. The Labute approximate surface area is 150 Å².